The molecule has 16 heteroatoms. The fraction of sp³-hybridized carbons (Fsp3) is 0.619. The van der Waals surface area contributed by atoms with Gasteiger partial charge in [0.25, 0.3) is 0 Å². The highest BCUT2D eigenvalue weighted by atomic mass is 16.5. The van der Waals surface area contributed by atoms with E-state index < -0.39 is 99.0 Å². The van der Waals surface area contributed by atoms with E-state index in [-0.39, 0.29) is 51.2 Å². The number of urea groups is 1. The van der Waals surface area contributed by atoms with Crippen LogP contribution in [0.3, 0.4) is 0 Å². The van der Waals surface area contributed by atoms with Crippen LogP contribution in [0.2, 0.25) is 0 Å². The normalized spacial score (nSPS) is 32.9. The van der Waals surface area contributed by atoms with Gasteiger partial charge in [-0.2, -0.15) is 0 Å². The number of aliphatic hydroxyl groups excluding tert-OH is 8. The van der Waals surface area contributed by atoms with Crippen molar-refractivity contribution in [2.45, 2.75) is 138 Å². The Balaban J connectivity index is 3.04. The molecule has 16 nitrogen and oxygen atoms in total. The van der Waals surface area contributed by atoms with Crippen LogP contribution < -0.4 is 10.6 Å². The molecule has 2 amide bonds. The Morgan fingerprint density at radius 1 is 0.741 bits per heavy atom. The third-order valence-corrected chi connectivity index (χ3v) is 9.18. The van der Waals surface area contributed by atoms with Gasteiger partial charge in [0.1, 0.15) is 0 Å². The first-order chi connectivity index (χ1) is 27.7. The van der Waals surface area contributed by atoms with Gasteiger partial charge in [-0.05, 0) is 44.9 Å². The van der Waals surface area contributed by atoms with Crippen LogP contribution in [0.4, 0.5) is 4.79 Å². The molecule has 1 rings (SSSR count). The van der Waals surface area contributed by atoms with Crippen LogP contribution in [-0.4, -0.2) is 151 Å². The monoisotopic (exact) mass is 824 g/mol. The fourth-order valence-electron chi connectivity index (χ4n) is 5.80. The molecule has 0 saturated carbocycles. The molecule has 0 bridgehead atoms. The van der Waals surface area contributed by atoms with Crippen LogP contribution in [0.25, 0.3) is 0 Å². The van der Waals surface area contributed by atoms with Crippen molar-refractivity contribution in [2.24, 2.45) is 0 Å². The Labute approximate surface area is 341 Å². The van der Waals surface area contributed by atoms with E-state index in [0.717, 1.165) is 0 Å². The minimum absolute atomic E-state index is 0.0344. The molecular weight excluding hydrogens is 756 g/mol. The lowest BCUT2D eigenvalue weighted by molar-refractivity contribution is -0.189. The smallest absolute Gasteiger partial charge is 0.315 e. The highest BCUT2D eigenvalue weighted by molar-refractivity contribution is 5.74. The zero-order valence-corrected chi connectivity index (χ0v) is 33.5. The summed E-state index contributed by atoms with van der Waals surface area (Å²) in [6, 6.07) is -2.23. The summed E-state index contributed by atoms with van der Waals surface area (Å²) in [7, 11) is 1.53. The standard InChI is InChI=1S/C42H68N2O14/c1-57-37-16-14-12-10-8-6-4-2-3-5-7-9-11-13-15-33(47)22-24-58-40(53)27-35(49)25-34(48)18-20-38(51)39(52)26-36(50)28-42(55,56)23-21-31(17-19-37)43-41(54)44-32(29-45)30-46/h2-14,16,31-39,45-52,55-56H,15,17-30H2,1H3,(H2,43,44,54)/b4-2+,5-3+,8-6+,9-7+,12-10+,13-11+,16-14+/t31-,33+,34+,35+,36-,37-,38+,39+/m0/s1. The highest BCUT2D eigenvalue weighted by Crippen LogP contribution is 2.23. The van der Waals surface area contributed by atoms with Crippen molar-refractivity contribution in [3.05, 3.63) is 85.1 Å². The van der Waals surface area contributed by atoms with Crippen molar-refractivity contribution < 1.29 is 70.1 Å². The van der Waals surface area contributed by atoms with Crippen LogP contribution in [0.15, 0.2) is 85.1 Å². The molecule has 1 heterocycles. The van der Waals surface area contributed by atoms with Gasteiger partial charge in [-0.3, -0.25) is 4.79 Å². The van der Waals surface area contributed by atoms with E-state index >= 15 is 0 Å². The third-order valence-electron chi connectivity index (χ3n) is 9.18. The van der Waals surface area contributed by atoms with Crippen molar-refractivity contribution in [1.29, 1.82) is 0 Å². The molecule has 58 heavy (non-hydrogen) atoms. The summed E-state index contributed by atoms with van der Waals surface area (Å²) in [5.74, 6) is -3.14. The quantitative estimate of drug-likeness (QED) is 0.136. The number of aliphatic hydroxyl groups is 10. The molecule has 0 aromatic rings. The Morgan fingerprint density at radius 2 is 1.34 bits per heavy atom. The van der Waals surface area contributed by atoms with Gasteiger partial charge in [-0.15, -0.1) is 0 Å². The van der Waals surface area contributed by atoms with Crippen LogP contribution >= 0.6 is 0 Å². The van der Waals surface area contributed by atoms with Crippen LogP contribution in [0.5, 0.6) is 0 Å². The van der Waals surface area contributed by atoms with E-state index in [1.165, 1.54) is 7.11 Å². The number of hydrogen-bond donors (Lipinski definition) is 12. The topological polar surface area (TPSA) is 279 Å². The first-order valence-corrected chi connectivity index (χ1v) is 19.8. The summed E-state index contributed by atoms with van der Waals surface area (Å²) in [4.78, 5) is 24.8. The number of allylic oxidation sites excluding steroid dienone is 12. The molecule has 0 unspecified atom stereocenters. The van der Waals surface area contributed by atoms with Crippen LogP contribution in [0.1, 0.15) is 77.0 Å². The molecule has 0 spiro atoms. The van der Waals surface area contributed by atoms with E-state index in [1.807, 2.05) is 66.8 Å². The second-order valence-electron chi connectivity index (χ2n) is 14.4. The zero-order valence-electron chi connectivity index (χ0n) is 33.5. The minimum atomic E-state index is -2.43. The number of esters is 1. The molecule has 8 atom stereocenters. The molecule has 1 aliphatic rings. The lowest BCUT2D eigenvalue weighted by Crippen LogP contribution is -2.49. The second kappa shape index (κ2) is 31.4. The van der Waals surface area contributed by atoms with Crippen molar-refractivity contribution in [1.82, 2.24) is 10.6 Å². The van der Waals surface area contributed by atoms with E-state index in [9.17, 15) is 60.7 Å². The average Bonchev–Trinajstić information content (AvgIpc) is 3.16. The van der Waals surface area contributed by atoms with Gasteiger partial charge >= 0.3 is 12.0 Å². The summed E-state index contributed by atoms with van der Waals surface area (Å²) >= 11 is 0. The SMILES string of the molecule is CO[C@H]1/C=C/C=C/C=C/C=C/C=C/C=C/C=C/C[C@@H](O)CCOC(=O)C[C@H](O)C[C@H](O)CC[C@@H](O)[C@H](O)C[C@H](O)CC(O)(O)CC[C@@H](NC(=O)NC(CO)CO)CC1. The van der Waals surface area contributed by atoms with Gasteiger partial charge in [0, 0.05) is 38.8 Å². The number of carbonyl (C=O) groups is 2. The van der Waals surface area contributed by atoms with Crippen molar-refractivity contribution in [3.8, 4) is 0 Å². The van der Waals surface area contributed by atoms with Crippen molar-refractivity contribution in [2.75, 3.05) is 26.9 Å². The predicted molar refractivity (Wildman–Crippen MR) is 218 cm³/mol. The fourth-order valence-corrected chi connectivity index (χ4v) is 5.80. The number of nitrogens with one attached hydrogen (secondary N) is 2. The van der Waals surface area contributed by atoms with E-state index in [1.54, 1.807) is 18.2 Å². The summed E-state index contributed by atoms with van der Waals surface area (Å²) in [5, 5.41) is 108. The number of rotatable bonds is 5. The maximum atomic E-state index is 12.6. The summed E-state index contributed by atoms with van der Waals surface area (Å²) in [6.07, 6.45) is 17.0. The minimum Gasteiger partial charge on any atom is -0.465 e. The number of methoxy groups -OCH3 is 1. The molecule has 330 valence electrons. The second-order valence-corrected chi connectivity index (χ2v) is 14.4. The van der Waals surface area contributed by atoms with E-state index in [0.29, 0.717) is 19.3 Å². The van der Waals surface area contributed by atoms with E-state index in [4.69, 9.17) is 9.47 Å². The maximum Gasteiger partial charge on any atom is 0.315 e. The van der Waals surface area contributed by atoms with Crippen LogP contribution in [-0.2, 0) is 14.3 Å². The average molecular weight is 825 g/mol. The van der Waals surface area contributed by atoms with Gasteiger partial charge < -0.3 is 71.2 Å². The summed E-state index contributed by atoms with van der Waals surface area (Å²) < 4.78 is 10.7. The molecule has 0 saturated heterocycles. The Morgan fingerprint density at radius 3 is 1.95 bits per heavy atom. The number of hydrogen-bond acceptors (Lipinski definition) is 14. The lowest BCUT2D eigenvalue weighted by atomic mass is 9.93. The molecule has 0 radical (unpaired) electrons. The van der Waals surface area contributed by atoms with Gasteiger partial charge in [0.15, 0.2) is 5.79 Å². The largest absolute Gasteiger partial charge is 0.465 e. The van der Waals surface area contributed by atoms with Gasteiger partial charge in [-0.25, -0.2) is 4.79 Å². The lowest BCUT2D eigenvalue weighted by Gasteiger charge is -2.29. The number of ether oxygens (including phenoxy) is 2. The number of carbonyl (C=O) groups excluding carboxylic acids is 2. The molecule has 0 fully saturated rings. The predicted octanol–water partition coefficient (Wildman–Crippen LogP) is 1.00. The molecule has 0 aromatic heterocycles. The van der Waals surface area contributed by atoms with E-state index in [2.05, 4.69) is 10.6 Å². The zero-order chi connectivity index (χ0) is 43.2. The molecule has 0 aromatic carbocycles. The van der Waals surface area contributed by atoms with Crippen molar-refractivity contribution >= 4 is 12.0 Å². The molecule has 0 aliphatic carbocycles. The van der Waals surface area contributed by atoms with Gasteiger partial charge in [0.05, 0.1) is 75.0 Å². The highest BCUT2D eigenvalue weighted by Gasteiger charge is 2.31. The van der Waals surface area contributed by atoms with Gasteiger partial charge in [0.2, 0.25) is 0 Å². The Kier molecular flexibility index (Phi) is 28.4. The Bertz CT molecular complexity index is 1330. The number of cyclic esters (lactones) is 1. The van der Waals surface area contributed by atoms with Crippen LogP contribution in [0, 0.1) is 0 Å². The first kappa shape index (κ1) is 52.5. The third kappa shape index (κ3) is 27.2. The molecular formula is C42H68N2O14. The maximum absolute atomic E-state index is 12.6. The molecule has 1 aliphatic heterocycles. The number of amides is 2. The van der Waals surface area contributed by atoms with Gasteiger partial charge in [-0.1, -0.05) is 85.1 Å². The first-order valence-electron chi connectivity index (χ1n) is 19.8. The Hall–Kier alpha value is -3.52. The summed E-state index contributed by atoms with van der Waals surface area (Å²) in [5.41, 5.74) is 0. The van der Waals surface area contributed by atoms with Crippen molar-refractivity contribution in [3.63, 3.8) is 0 Å². The summed E-state index contributed by atoms with van der Waals surface area (Å²) in [6.45, 7) is -1.05. The molecule has 12 N–H and O–H groups in total.